The van der Waals surface area contributed by atoms with Crippen molar-refractivity contribution in [1.29, 1.82) is 0 Å². The van der Waals surface area contributed by atoms with Gasteiger partial charge in [-0.15, -0.1) is 0 Å². The quantitative estimate of drug-likeness (QED) is 0.856. The Morgan fingerprint density at radius 2 is 2.00 bits per heavy atom. The summed E-state index contributed by atoms with van der Waals surface area (Å²) >= 11 is 0. The minimum Gasteiger partial charge on any atom is -0.493 e. The highest BCUT2D eigenvalue weighted by atomic mass is 16.5. The predicted molar refractivity (Wildman–Crippen MR) is 63.8 cm³/mol. The van der Waals surface area contributed by atoms with E-state index in [0.717, 1.165) is 56.4 Å². The van der Waals surface area contributed by atoms with Crippen LogP contribution in [0, 0.1) is 17.8 Å². The molecule has 1 saturated carbocycles. The van der Waals surface area contributed by atoms with Crippen molar-refractivity contribution < 1.29 is 9.47 Å². The fourth-order valence-electron chi connectivity index (χ4n) is 3.16. The van der Waals surface area contributed by atoms with Crippen molar-refractivity contribution >= 4 is 0 Å². The molecule has 90 valence electrons. The molecule has 0 amide bonds. The number of nitrogens with one attached hydrogen (secondary N) is 1. The molecule has 3 heteroatoms. The Morgan fingerprint density at radius 1 is 1.18 bits per heavy atom. The van der Waals surface area contributed by atoms with Crippen LogP contribution in [0.1, 0.15) is 11.1 Å². The van der Waals surface area contributed by atoms with Gasteiger partial charge in [-0.05, 0) is 35.1 Å². The average molecular weight is 231 g/mol. The second-order valence-electron chi connectivity index (χ2n) is 5.37. The molecule has 0 aromatic heterocycles. The van der Waals surface area contributed by atoms with E-state index in [9.17, 15) is 0 Å². The molecule has 4 rings (SSSR count). The smallest absolute Gasteiger partial charge is 0.119 e. The molecule has 0 radical (unpaired) electrons. The van der Waals surface area contributed by atoms with Crippen LogP contribution in [0.3, 0.4) is 0 Å². The summed E-state index contributed by atoms with van der Waals surface area (Å²) in [6.07, 6.45) is 0. The minimum absolute atomic E-state index is 0.745. The van der Waals surface area contributed by atoms with Gasteiger partial charge in [-0.3, -0.25) is 0 Å². The first-order valence-electron chi connectivity index (χ1n) is 6.45. The van der Waals surface area contributed by atoms with E-state index in [-0.39, 0.29) is 0 Å². The van der Waals surface area contributed by atoms with Crippen LogP contribution in [0.5, 0.6) is 5.75 Å². The predicted octanol–water partition coefficient (Wildman–Crippen LogP) is 1.56. The summed E-state index contributed by atoms with van der Waals surface area (Å²) < 4.78 is 11.3. The zero-order chi connectivity index (χ0) is 11.2. The molecule has 2 heterocycles. The molecule has 2 aliphatic heterocycles. The molecule has 1 aromatic carbocycles. The number of hydrogen-bond donors (Lipinski definition) is 1. The number of hydrogen-bond acceptors (Lipinski definition) is 3. The first kappa shape index (κ1) is 9.92. The summed E-state index contributed by atoms with van der Waals surface area (Å²) in [5.41, 5.74) is 2.80. The molecule has 1 aromatic rings. The summed E-state index contributed by atoms with van der Waals surface area (Å²) in [4.78, 5) is 0. The molecule has 0 spiro atoms. The summed E-state index contributed by atoms with van der Waals surface area (Å²) in [7, 11) is 0. The summed E-state index contributed by atoms with van der Waals surface area (Å²) in [6, 6.07) is 6.46. The van der Waals surface area contributed by atoms with E-state index >= 15 is 0 Å². The Hall–Kier alpha value is -1.06. The van der Waals surface area contributed by atoms with Gasteiger partial charge in [0.05, 0.1) is 19.8 Å². The fraction of sp³-hybridized carbons (Fsp3) is 0.571. The maximum atomic E-state index is 5.91. The van der Waals surface area contributed by atoms with Crippen molar-refractivity contribution in [3.05, 3.63) is 29.3 Å². The molecule has 3 aliphatic rings. The second kappa shape index (κ2) is 3.72. The largest absolute Gasteiger partial charge is 0.493 e. The van der Waals surface area contributed by atoms with Crippen molar-refractivity contribution in [2.75, 3.05) is 19.8 Å². The molecular formula is C14H17NO2. The van der Waals surface area contributed by atoms with Crippen molar-refractivity contribution in [1.82, 2.24) is 5.32 Å². The van der Waals surface area contributed by atoms with E-state index in [4.69, 9.17) is 9.47 Å². The van der Waals surface area contributed by atoms with E-state index in [0.29, 0.717) is 0 Å². The van der Waals surface area contributed by atoms with E-state index in [1.54, 1.807) is 0 Å². The van der Waals surface area contributed by atoms with Crippen molar-refractivity contribution in [2.45, 2.75) is 13.1 Å². The van der Waals surface area contributed by atoms with Crippen LogP contribution in [0.4, 0.5) is 0 Å². The maximum absolute atomic E-state index is 5.91. The zero-order valence-electron chi connectivity index (χ0n) is 9.82. The fourth-order valence-corrected chi connectivity index (χ4v) is 3.16. The Labute approximate surface area is 101 Å². The topological polar surface area (TPSA) is 30.5 Å². The molecule has 1 N–H and O–H groups in total. The first-order chi connectivity index (χ1) is 8.42. The third kappa shape index (κ3) is 1.65. The van der Waals surface area contributed by atoms with Gasteiger partial charge in [-0.1, -0.05) is 6.07 Å². The standard InChI is InChI=1S/C14H17NO2/c1-2-11(3-10-5-15-4-9(1)10)17-8-14-12-6-16-7-13(12)14/h1-3,12-15H,4-8H2. The number of rotatable bonds is 3. The van der Waals surface area contributed by atoms with Crippen molar-refractivity contribution in [3.8, 4) is 5.75 Å². The summed E-state index contributed by atoms with van der Waals surface area (Å²) in [5, 5.41) is 3.35. The molecule has 17 heavy (non-hydrogen) atoms. The molecule has 2 fully saturated rings. The van der Waals surface area contributed by atoms with E-state index in [1.165, 1.54) is 11.1 Å². The molecule has 1 aliphatic carbocycles. The highest BCUT2D eigenvalue weighted by Gasteiger charge is 2.54. The van der Waals surface area contributed by atoms with Crippen LogP contribution >= 0.6 is 0 Å². The molecular weight excluding hydrogens is 214 g/mol. The second-order valence-corrected chi connectivity index (χ2v) is 5.37. The Bertz CT molecular complexity index is 436. The number of fused-ring (bicyclic) bond motifs is 2. The molecule has 2 unspecified atom stereocenters. The average Bonchev–Trinajstić information content (AvgIpc) is 2.78. The van der Waals surface area contributed by atoms with Crippen molar-refractivity contribution in [2.24, 2.45) is 17.8 Å². The Morgan fingerprint density at radius 3 is 2.88 bits per heavy atom. The van der Waals surface area contributed by atoms with Crippen LogP contribution in [0.25, 0.3) is 0 Å². The zero-order valence-corrected chi connectivity index (χ0v) is 9.82. The van der Waals surface area contributed by atoms with Crippen molar-refractivity contribution in [3.63, 3.8) is 0 Å². The van der Waals surface area contributed by atoms with Gasteiger partial charge in [0.1, 0.15) is 5.75 Å². The number of benzene rings is 1. The third-order valence-corrected chi connectivity index (χ3v) is 4.38. The Balaban J connectivity index is 1.39. The minimum atomic E-state index is 0.745. The van der Waals surface area contributed by atoms with Gasteiger partial charge in [0, 0.05) is 19.0 Å². The van der Waals surface area contributed by atoms with Gasteiger partial charge in [0.25, 0.3) is 0 Å². The first-order valence-corrected chi connectivity index (χ1v) is 6.45. The van der Waals surface area contributed by atoms with Gasteiger partial charge in [-0.2, -0.15) is 0 Å². The monoisotopic (exact) mass is 231 g/mol. The lowest BCUT2D eigenvalue weighted by atomic mass is 10.1. The highest BCUT2D eigenvalue weighted by molar-refractivity contribution is 5.37. The van der Waals surface area contributed by atoms with E-state index in [1.807, 2.05) is 0 Å². The molecule has 2 atom stereocenters. The van der Waals surface area contributed by atoms with Crippen LogP contribution in [0.2, 0.25) is 0 Å². The van der Waals surface area contributed by atoms with Gasteiger partial charge in [0.15, 0.2) is 0 Å². The van der Waals surface area contributed by atoms with E-state index < -0.39 is 0 Å². The summed E-state index contributed by atoms with van der Waals surface area (Å²) in [6.45, 7) is 4.75. The molecule has 1 saturated heterocycles. The van der Waals surface area contributed by atoms with Crippen LogP contribution in [-0.2, 0) is 17.8 Å². The van der Waals surface area contributed by atoms with E-state index in [2.05, 4.69) is 23.5 Å². The lowest BCUT2D eigenvalue weighted by molar-refractivity contribution is 0.137. The van der Waals surface area contributed by atoms with Gasteiger partial charge < -0.3 is 14.8 Å². The Kier molecular flexibility index (Phi) is 2.17. The molecule has 3 nitrogen and oxygen atoms in total. The van der Waals surface area contributed by atoms with Crippen LogP contribution in [0.15, 0.2) is 18.2 Å². The van der Waals surface area contributed by atoms with Gasteiger partial charge >= 0.3 is 0 Å². The third-order valence-electron chi connectivity index (χ3n) is 4.38. The summed E-state index contributed by atoms with van der Waals surface area (Å²) in [5.74, 6) is 3.34. The lowest BCUT2D eigenvalue weighted by Crippen LogP contribution is -2.07. The van der Waals surface area contributed by atoms with Crippen LogP contribution < -0.4 is 10.1 Å². The van der Waals surface area contributed by atoms with Gasteiger partial charge in [-0.25, -0.2) is 0 Å². The maximum Gasteiger partial charge on any atom is 0.119 e. The highest BCUT2D eigenvalue weighted by Crippen LogP contribution is 2.50. The van der Waals surface area contributed by atoms with Gasteiger partial charge in [0.2, 0.25) is 0 Å². The number of ether oxygens (including phenoxy) is 2. The normalized spacial score (nSPS) is 33.3. The SMILES string of the molecule is c1cc2c(cc1OCC1C3COCC31)CNC2. The van der Waals surface area contributed by atoms with Crippen LogP contribution in [-0.4, -0.2) is 19.8 Å². The molecule has 0 bridgehead atoms. The lowest BCUT2D eigenvalue weighted by Gasteiger charge is -2.09.